The number of aryl methyl sites for hydroxylation is 1. The first kappa shape index (κ1) is 17.5. The van der Waals surface area contributed by atoms with Crippen molar-refractivity contribution in [3.63, 3.8) is 0 Å². The Morgan fingerprint density at radius 2 is 2.00 bits per heavy atom. The summed E-state index contributed by atoms with van der Waals surface area (Å²) in [5.74, 6) is -0.651. The molecular weight excluding hydrogens is 358 g/mol. The van der Waals surface area contributed by atoms with Gasteiger partial charge in [-0.3, -0.25) is 14.9 Å². The highest BCUT2D eigenvalue weighted by Gasteiger charge is 2.25. The van der Waals surface area contributed by atoms with Gasteiger partial charge in [-0.15, -0.1) is 0 Å². The molecule has 2 heterocycles. The molecule has 0 saturated carbocycles. The number of thiophene rings is 1. The minimum Gasteiger partial charge on any atom is -0.805 e. The summed E-state index contributed by atoms with van der Waals surface area (Å²) in [6.45, 7) is 3.18. The van der Waals surface area contributed by atoms with Crippen molar-refractivity contribution >= 4 is 39.2 Å². The van der Waals surface area contributed by atoms with Gasteiger partial charge in [0.1, 0.15) is 5.52 Å². The number of hydrogen-bond donors (Lipinski definition) is 0. The molecule has 1 aromatic carbocycles. The smallest absolute Gasteiger partial charge is 0.329 e. The summed E-state index contributed by atoms with van der Waals surface area (Å²) in [6.07, 6.45) is 2.52. The van der Waals surface area contributed by atoms with Gasteiger partial charge in [0, 0.05) is 21.9 Å². The Morgan fingerprint density at radius 3 is 2.65 bits per heavy atom. The standard InChI is InChI=1S/C17H13N3O5S/c1-10-3-6-13-14(9-10)19(23)17(11(2)18(13)22)15(21)7-4-12-5-8-16(26-12)20(24)25/h3-9H,1-2H3/b7-4+. The quantitative estimate of drug-likeness (QED) is 0.229. The molecule has 3 aromatic rings. The number of nitrogens with zero attached hydrogens (tertiary/aromatic N) is 3. The fourth-order valence-electron chi connectivity index (χ4n) is 2.56. The molecule has 9 heteroatoms. The zero-order valence-corrected chi connectivity index (χ0v) is 14.6. The van der Waals surface area contributed by atoms with Crippen molar-refractivity contribution in [2.45, 2.75) is 13.8 Å². The van der Waals surface area contributed by atoms with Gasteiger partial charge in [0.05, 0.1) is 15.0 Å². The number of ketones is 1. The molecule has 0 radical (unpaired) electrons. The molecule has 0 saturated heterocycles. The SMILES string of the molecule is Cc1ccc2c(c1)[n+](=O)c(C(=O)/C=C/c1ccc([N+](=O)[O-])s1)c(C)n2[O-]. The van der Waals surface area contributed by atoms with E-state index in [1.165, 1.54) is 31.2 Å². The highest BCUT2D eigenvalue weighted by atomic mass is 32.1. The summed E-state index contributed by atoms with van der Waals surface area (Å²) in [5.41, 5.74) is 0.779. The Hall–Kier alpha value is -3.33. The highest BCUT2D eigenvalue weighted by molar-refractivity contribution is 7.16. The molecule has 3 rings (SSSR count). The van der Waals surface area contributed by atoms with Crippen LogP contribution in [0.2, 0.25) is 0 Å². The molecule has 0 atom stereocenters. The van der Waals surface area contributed by atoms with E-state index in [2.05, 4.69) is 0 Å². The molecule has 8 nitrogen and oxygen atoms in total. The zero-order valence-electron chi connectivity index (χ0n) is 13.8. The van der Waals surface area contributed by atoms with Crippen LogP contribution in [0.4, 0.5) is 5.00 Å². The van der Waals surface area contributed by atoms with Crippen molar-refractivity contribution < 1.29 is 14.1 Å². The molecule has 0 aliphatic heterocycles. The summed E-state index contributed by atoms with van der Waals surface area (Å²) < 4.78 is 1.01. The van der Waals surface area contributed by atoms with E-state index in [0.717, 1.165) is 23.0 Å². The molecule has 0 N–H and O–H groups in total. The predicted octanol–water partition coefficient (Wildman–Crippen LogP) is 3.38. The van der Waals surface area contributed by atoms with Crippen LogP contribution in [0.3, 0.4) is 0 Å². The third-order valence-electron chi connectivity index (χ3n) is 3.84. The van der Waals surface area contributed by atoms with Gasteiger partial charge in [-0.05, 0) is 43.7 Å². The average molecular weight is 371 g/mol. The Bertz CT molecular complexity index is 1140. The van der Waals surface area contributed by atoms with E-state index in [9.17, 15) is 25.0 Å². The van der Waals surface area contributed by atoms with E-state index in [1.54, 1.807) is 19.1 Å². The van der Waals surface area contributed by atoms with Crippen molar-refractivity contribution in [2.75, 3.05) is 0 Å². The van der Waals surface area contributed by atoms with Crippen molar-refractivity contribution in [1.82, 2.24) is 4.73 Å². The lowest BCUT2D eigenvalue weighted by Gasteiger charge is -2.15. The van der Waals surface area contributed by atoms with Gasteiger partial charge in [0.25, 0.3) is 11.3 Å². The maximum absolute atomic E-state index is 12.6. The first-order chi connectivity index (χ1) is 12.3. The Labute approximate surface area is 151 Å². The van der Waals surface area contributed by atoms with Crippen LogP contribution in [-0.2, 0) is 0 Å². The Morgan fingerprint density at radius 1 is 1.27 bits per heavy atom. The van der Waals surface area contributed by atoms with Gasteiger partial charge in [0.2, 0.25) is 0 Å². The van der Waals surface area contributed by atoms with Gasteiger partial charge < -0.3 is 9.94 Å². The van der Waals surface area contributed by atoms with E-state index in [-0.39, 0.29) is 27.4 Å². The molecule has 0 amide bonds. The van der Waals surface area contributed by atoms with Gasteiger partial charge >= 0.3 is 10.7 Å². The Balaban J connectivity index is 2.06. The van der Waals surface area contributed by atoms with Crippen LogP contribution in [0.25, 0.3) is 17.1 Å². The number of aromatic nitrogens is 2. The largest absolute Gasteiger partial charge is 0.805 e. The number of carbonyl (C=O) groups excluding carboxylic acids is 1. The second kappa shape index (κ2) is 6.52. The first-order valence-electron chi connectivity index (χ1n) is 7.52. The predicted molar refractivity (Wildman–Crippen MR) is 97.9 cm³/mol. The molecule has 0 aliphatic carbocycles. The lowest BCUT2D eigenvalue weighted by molar-refractivity contribution is -0.468. The number of allylic oxidation sites excluding steroid dienone is 1. The summed E-state index contributed by atoms with van der Waals surface area (Å²) in [4.78, 5) is 35.8. The summed E-state index contributed by atoms with van der Waals surface area (Å²) >= 11 is 0.904. The molecule has 26 heavy (non-hydrogen) atoms. The normalized spacial score (nSPS) is 11.3. The molecule has 132 valence electrons. The lowest BCUT2D eigenvalue weighted by atomic mass is 10.1. The van der Waals surface area contributed by atoms with Crippen LogP contribution in [0, 0.1) is 34.1 Å². The maximum Gasteiger partial charge on any atom is 0.329 e. The molecule has 0 bridgehead atoms. The third kappa shape index (κ3) is 3.00. The number of carbonyl (C=O) groups is 1. The summed E-state index contributed by atoms with van der Waals surface area (Å²) in [5, 5.41) is 23.0. The molecule has 2 aromatic heterocycles. The minimum atomic E-state index is -0.651. The van der Waals surface area contributed by atoms with Crippen LogP contribution in [0.1, 0.15) is 26.6 Å². The lowest BCUT2D eigenvalue weighted by Crippen LogP contribution is -2.29. The van der Waals surface area contributed by atoms with Crippen molar-refractivity contribution in [1.29, 1.82) is 0 Å². The fourth-order valence-corrected chi connectivity index (χ4v) is 3.28. The van der Waals surface area contributed by atoms with Crippen LogP contribution in [0.15, 0.2) is 36.4 Å². The fraction of sp³-hybridized carbons (Fsp3) is 0.118. The van der Waals surface area contributed by atoms with E-state index in [1.807, 2.05) is 0 Å². The monoisotopic (exact) mass is 371 g/mol. The van der Waals surface area contributed by atoms with Crippen molar-refractivity contribution in [3.05, 3.63) is 78.5 Å². The van der Waals surface area contributed by atoms with E-state index in [4.69, 9.17) is 0 Å². The van der Waals surface area contributed by atoms with Crippen molar-refractivity contribution in [2.24, 2.45) is 0 Å². The maximum atomic E-state index is 12.6. The average Bonchev–Trinajstić information content (AvgIpc) is 3.07. The van der Waals surface area contributed by atoms with Crippen molar-refractivity contribution in [3.8, 4) is 0 Å². The van der Waals surface area contributed by atoms with Crippen LogP contribution >= 0.6 is 11.3 Å². The second-order valence-electron chi connectivity index (χ2n) is 5.65. The van der Waals surface area contributed by atoms with Crippen LogP contribution in [0.5, 0.6) is 0 Å². The van der Waals surface area contributed by atoms with E-state index in [0.29, 0.717) is 14.0 Å². The van der Waals surface area contributed by atoms with Gasteiger partial charge in [-0.25, -0.2) is 0 Å². The molecule has 0 aliphatic rings. The topological polar surface area (TPSA) is 111 Å². The first-order valence-corrected chi connectivity index (χ1v) is 8.34. The van der Waals surface area contributed by atoms with Gasteiger partial charge in [0.15, 0.2) is 0 Å². The van der Waals surface area contributed by atoms with Crippen LogP contribution in [-0.4, -0.2) is 15.4 Å². The van der Waals surface area contributed by atoms with Gasteiger partial charge in [-0.1, -0.05) is 17.4 Å². The summed E-state index contributed by atoms with van der Waals surface area (Å²) in [6, 6.07) is 7.62. The van der Waals surface area contributed by atoms with E-state index < -0.39 is 10.7 Å². The van der Waals surface area contributed by atoms with Gasteiger partial charge in [-0.2, -0.15) is 0 Å². The number of fused-ring (bicyclic) bond motifs is 1. The Kier molecular flexibility index (Phi) is 4.39. The highest BCUT2D eigenvalue weighted by Crippen LogP contribution is 2.25. The zero-order chi connectivity index (χ0) is 19.0. The molecular formula is C17H13N3O5S. The molecule has 0 unspecified atom stereocenters. The number of nitro groups is 1. The molecule has 0 fully saturated rings. The second-order valence-corrected chi connectivity index (χ2v) is 6.74. The number of rotatable bonds is 4. The number of hydrogen-bond acceptors (Lipinski definition) is 6. The minimum absolute atomic E-state index is 0.0110. The summed E-state index contributed by atoms with van der Waals surface area (Å²) in [7, 11) is 0. The van der Waals surface area contributed by atoms with E-state index >= 15 is 0 Å². The van der Waals surface area contributed by atoms with Crippen LogP contribution < -0.4 is 4.43 Å². The number of benzene rings is 1. The third-order valence-corrected chi connectivity index (χ3v) is 4.85. The molecule has 0 spiro atoms.